The van der Waals surface area contributed by atoms with Crippen LogP contribution in [0.15, 0.2) is 237 Å². The van der Waals surface area contributed by atoms with Gasteiger partial charge in [-0.2, -0.15) is 0 Å². The van der Waals surface area contributed by atoms with Gasteiger partial charge in [0.1, 0.15) is 51.3 Å². The van der Waals surface area contributed by atoms with Crippen LogP contribution in [0.4, 0.5) is 0 Å². The normalized spacial score (nSPS) is 12.3. The van der Waals surface area contributed by atoms with Gasteiger partial charge in [-0.15, -0.1) is 0 Å². The van der Waals surface area contributed by atoms with Crippen molar-refractivity contribution < 1.29 is 61.3 Å². The first-order valence-corrected chi connectivity index (χ1v) is 38.0. The molecule has 9 aromatic rings. The van der Waals surface area contributed by atoms with Crippen LogP contribution in [0, 0.1) is 0 Å². The van der Waals surface area contributed by atoms with Crippen LogP contribution in [-0.4, -0.2) is 141 Å². The van der Waals surface area contributed by atoms with Gasteiger partial charge in [0.25, 0.3) is 0 Å². The van der Waals surface area contributed by atoms with E-state index in [1.807, 2.05) is 91.0 Å². The first kappa shape index (κ1) is 76.8. The molecule has 0 amide bonds. The summed E-state index contributed by atoms with van der Waals surface area (Å²) in [7, 11) is 10.2. The number of ether oxygens (including phenoxy) is 12. The lowest BCUT2D eigenvalue weighted by atomic mass is 9.80. The standard InChI is InChI=1S/C86H105NO13Si/c1-82(2,3)101(11,12)100-63-22-56-87(4)83(64-94-57-23-60-97-84(67-26-16-13-17-27-67,70-32-44-76(88-5)45-33-70)71-34-46-77(89-6)47-35-71,65-95-58-24-61-98-85(68-28-18-14-19-29-68,72-36-48-78(90-7)49-37-72)73-38-50-79(91-8)51-39-73)66-96-59-25-62-99-86(69-30-20-15-21-31-69,74-40-52-80(92-9)53-41-74)75-42-54-81(93-10)55-43-75/h13-21,26-55H,22-25,56-66H2,1-12H3. The van der Waals surface area contributed by atoms with Crippen LogP contribution in [0.1, 0.15) is 96.5 Å². The summed E-state index contributed by atoms with van der Waals surface area (Å²) < 4.78 is 83.6. The van der Waals surface area contributed by atoms with Crippen LogP contribution in [0.25, 0.3) is 0 Å². The zero-order valence-electron chi connectivity index (χ0n) is 61.4. The highest BCUT2D eigenvalue weighted by molar-refractivity contribution is 6.74. The van der Waals surface area contributed by atoms with Crippen molar-refractivity contribution in [1.82, 2.24) is 4.90 Å². The molecule has 0 aliphatic heterocycles. The molecular formula is C86H105NO13Si. The van der Waals surface area contributed by atoms with E-state index in [9.17, 15) is 0 Å². The van der Waals surface area contributed by atoms with Gasteiger partial charge in [-0.25, -0.2) is 0 Å². The molecule has 9 aromatic carbocycles. The van der Waals surface area contributed by atoms with Gasteiger partial charge in [0.05, 0.1) is 87.8 Å². The minimum atomic E-state index is -2.05. The zero-order valence-corrected chi connectivity index (χ0v) is 62.4. The Labute approximate surface area is 601 Å². The third-order valence-electron chi connectivity index (χ3n) is 19.6. The van der Waals surface area contributed by atoms with E-state index in [1.165, 1.54) is 0 Å². The first-order valence-electron chi connectivity index (χ1n) is 35.1. The predicted octanol–water partition coefficient (Wildman–Crippen LogP) is 17.4. The molecular weight excluding hydrogens is 1280 g/mol. The van der Waals surface area contributed by atoms with Crippen LogP contribution in [0.2, 0.25) is 18.1 Å². The predicted molar refractivity (Wildman–Crippen MR) is 404 cm³/mol. The van der Waals surface area contributed by atoms with E-state index >= 15 is 0 Å². The maximum absolute atomic E-state index is 7.32. The Hall–Kier alpha value is -8.32. The first-order chi connectivity index (χ1) is 49.0. The molecule has 536 valence electrons. The highest BCUT2D eigenvalue weighted by Crippen LogP contribution is 2.46. The SMILES string of the molecule is COc1ccc(C(OCCCOCC(COCCCOC(c2ccccc2)(c2ccc(OC)cc2)c2ccc(OC)cc2)(COCCCOC(c2ccccc2)(c2ccc(OC)cc2)c2ccc(OC)cc2)N(C)CCCO[Si](C)(C)C(C)(C)C)(c2ccccc2)c2ccc(OC)cc2)cc1. The maximum Gasteiger partial charge on any atom is 0.191 e. The summed E-state index contributed by atoms with van der Waals surface area (Å²) in [5.74, 6) is 4.52. The number of hydrogen-bond acceptors (Lipinski definition) is 14. The molecule has 101 heavy (non-hydrogen) atoms. The molecule has 0 aromatic heterocycles. The number of likely N-dealkylation sites (N-methyl/N-ethyl adjacent to an activating group) is 1. The van der Waals surface area contributed by atoms with Gasteiger partial charge in [-0.05, 0) is 174 Å². The lowest BCUT2D eigenvalue weighted by molar-refractivity contribution is -0.0995. The molecule has 14 nitrogen and oxygen atoms in total. The van der Waals surface area contributed by atoms with Gasteiger partial charge >= 0.3 is 0 Å². The Bertz CT molecular complexity index is 3310. The van der Waals surface area contributed by atoms with E-state index in [1.54, 1.807) is 42.7 Å². The number of rotatable bonds is 42. The lowest BCUT2D eigenvalue weighted by Gasteiger charge is -2.42. The fraction of sp³-hybridized carbons (Fsp3) is 0.372. The van der Waals surface area contributed by atoms with E-state index in [0.717, 1.165) is 91.0 Å². The van der Waals surface area contributed by atoms with E-state index in [4.69, 9.17) is 61.3 Å². The van der Waals surface area contributed by atoms with Crippen molar-refractivity contribution in [3.05, 3.63) is 287 Å². The second-order valence-corrected chi connectivity index (χ2v) is 31.7. The van der Waals surface area contributed by atoms with Crippen molar-refractivity contribution in [2.45, 2.75) is 86.9 Å². The second-order valence-electron chi connectivity index (χ2n) is 26.9. The van der Waals surface area contributed by atoms with Gasteiger partial charge in [0.2, 0.25) is 0 Å². The minimum absolute atomic E-state index is 0.0629. The third kappa shape index (κ3) is 18.9. The Kier molecular flexibility index (Phi) is 28.2. The van der Waals surface area contributed by atoms with Crippen molar-refractivity contribution >= 4 is 8.32 Å². The molecule has 0 aliphatic carbocycles. The average molecular weight is 1390 g/mol. The Balaban J connectivity index is 1.000. The topological polar surface area (TPSA) is 123 Å². The van der Waals surface area contributed by atoms with Crippen molar-refractivity contribution in [1.29, 1.82) is 0 Å². The summed E-state index contributed by atoms with van der Waals surface area (Å²) >= 11 is 0. The average Bonchev–Trinajstić information content (AvgIpc) is 0.768. The fourth-order valence-corrected chi connectivity index (χ4v) is 13.8. The van der Waals surface area contributed by atoms with E-state index in [2.05, 4.69) is 191 Å². The largest absolute Gasteiger partial charge is 0.497 e. The summed E-state index contributed by atoms with van der Waals surface area (Å²) in [5, 5.41) is 0.0629. The molecule has 0 spiro atoms. The zero-order chi connectivity index (χ0) is 71.6. The summed E-state index contributed by atoms with van der Waals surface area (Å²) in [6, 6.07) is 79.8. The van der Waals surface area contributed by atoms with Crippen molar-refractivity contribution in [2.75, 3.05) is 122 Å². The second kappa shape index (κ2) is 37.0. The number of benzene rings is 9. The minimum Gasteiger partial charge on any atom is -0.497 e. The van der Waals surface area contributed by atoms with Crippen LogP contribution in [-0.2, 0) is 49.7 Å². The van der Waals surface area contributed by atoms with Gasteiger partial charge in [-0.3, -0.25) is 4.90 Å². The monoisotopic (exact) mass is 1390 g/mol. The highest BCUT2D eigenvalue weighted by Gasteiger charge is 2.43. The molecule has 0 atom stereocenters. The number of hydrogen-bond donors (Lipinski definition) is 0. The van der Waals surface area contributed by atoms with Crippen LogP contribution in [0.5, 0.6) is 34.5 Å². The molecule has 0 aliphatic rings. The van der Waals surface area contributed by atoms with Crippen molar-refractivity contribution in [3.63, 3.8) is 0 Å². The van der Waals surface area contributed by atoms with E-state index in [0.29, 0.717) is 91.9 Å². The number of methoxy groups -OCH3 is 6. The third-order valence-corrected chi connectivity index (χ3v) is 24.1. The molecule has 0 bridgehead atoms. The van der Waals surface area contributed by atoms with Crippen LogP contribution < -0.4 is 28.4 Å². The summed E-state index contributed by atoms with van der Waals surface area (Å²) in [5.41, 5.74) is 4.96. The number of nitrogens with zero attached hydrogens (tertiary/aromatic N) is 1. The molecule has 15 heteroatoms. The van der Waals surface area contributed by atoms with Gasteiger partial charge in [0.15, 0.2) is 8.32 Å². The summed E-state index contributed by atoms with van der Waals surface area (Å²) in [6.45, 7) is 15.9. The van der Waals surface area contributed by atoms with Gasteiger partial charge < -0.3 is 61.3 Å². The van der Waals surface area contributed by atoms with Crippen molar-refractivity contribution in [3.8, 4) is 34.5 Å². The molecule has 0 unspecified atom stereocenters. The van der Waals surface area contributed by atoms with Gasteiger partial charge in [0, 0.05) is 33.0 Å². The Morgan fingerprint density at radius 2 is 0.515 bits per heavy atom. The highest BCUT2D eigenvalue weighted by atomic mass is 28.4. The Morgan fingerprint density at radius 3 is 0.733 bits per heavy atom. The molecule has 0 fully saturated rings. The molecule has 0 saturated heterocycles. The smallest absolute Gasteiger partial charge is 0.191 e. The quantitative estimate of drug-likeness (QED) is 0.0205. The van der Waals surface area contributed by atoms with E-state index in [-0.39, 0.29) is 5.04 Å². The molecule has 0 radical (unpaired) electrons. The van der Waals surface area contributed by atoms with Gasteiger partial charge in [-0.1, -0.05) is 185 Å². The lowest BCUT2D eigenvalue weighted by Crippen LogP contribution is -2.57. The van der Waals surface area contributed by atoms with Crippen molar-refractivity contribution in [2.24, 2.45) is 0 Å². The van der Waals surface area contributed by atoms with Crippen LogP contribution >= 0.6 is 0 Å². The maximum atomic E-state index is 7.32. The molecule has 0 N–H and O–H groups in total. The molecule has 9 rings (SSSR count). The van der Waals surface area contributed by atoms with E-state index < -0.39 is 30.7 Å². The Morgan fingerprint density at radius 1 is 0.287 bits per heavy atom. The molecule has 0 saturated carbocycles. The summed E-state index contributed by atoms with van der Waals surface area (Å²) in [6.07, 6.45) is 2.52. The summed E-state index contributed by atoms with van der Waals surface area (Å²) in [4.78, 5) is 2.36. The van der Waals surface area contributed by atoms with Crippen LogP contribution in [0.3, 0.4) is 0 Å². The fourth-order valence-electron chi connectivity index (χ4n) is 12.7. The molecule has 0 heterocycles.